The van der Waals surface area contributed by atoms with Crippen LogP contribution in [0.4, 0.5) is 5.69 Å². The number of anilines is 1. The van der Waals surface area contributed by atoms with Crippen LogP contribution in [0.2, 0.25) is 0 Å². The van der Waals surface area contributed by atoms with Crippen LogP contribution in [0, 0.1) is 0 Å². The molecule has 0 radical (unpaired) electrons. The third-order valence-corrected chi connectivity index (χ3v) is 5.43. The number of nitrogens with one attached hydrogen (secondary N) is 2. The van der Waals surface area contributed by atoms with Crippen molar-refractivity contribution in [1.29, 1.82) is 0 Å². The summed E-state index contributed by atoms with van der Waals surface area (Å²) in [6.45, 7) is 0.0233. The van der Waals surface area contributed by atoms with Gasteiger partial charge in [-0.25, -0.2) is 13.1 Å². The molecule has 0 unspecified atom stereocenters. The summed E-state index contributed by atoms with van der Waals surface area (Å²) in [5.74, 6) is 0.992. The van der Waals surface area contributed by atoms with Crippen LogP contribution >= 0.6 is 0 Å². The summed E-state index contributed by atoms with van der Waals surface area (Å²) < 4.78 is 42.9. The monoisotopic (exact) mass is 416 g/mol. The number of carbonyl (C=O) groups is 1. The maximum Gasteiger partial charge on any atom is 0.255 e. The second-order valence-corrected chi connectivity index (χ2v) is 7.75. The topological polar surface area (TPSA) is 107 Å². The molecular weight excluding hydrogens is 396 g/mol. The third kappa shape index (κ3) is 5.15. The van der Waals surface area contributed by atoms with Crippen LogP contribution in [0.15, 0.2) is 70.2 Å². The second kappa shape index (κ2) is 8.80. The number of amides is 1. The van der Waals surface area contributed by atoms with Gasteiger partial charge in [-0.2, -0.15) is 0 Å². The van der Waals surface area contributed by atoms with Crippen molar-refractivity contribution in [3.05, 3.63) is 72.2 Å². The van der Waals surface area contributed by atoms with Crippen molar-refractivity contribution in [2.45, 2.75) is 11.4 Å². The average molecular weight is 416 g/mol. The highest BCUT2D eigenvalue weighted by molar-refractivity contribution is 7.89. The van der Waals surface area contributed by atoms with E-state index < -0.39 is 15.9 Å². The van der Waals surface area contributed by atoms with Crippen molar-refractivity contribution in [1.82, 2.24) is 4.72 Å². The fourth-order valence-corrected chi connectivity index (χ4v) is 3.58. The van der Waals surface area contributed by atoms with E-state index in [9.17, 15) is 13.2 Å². The Kier molecular flexibility index (Phi) is 6.20. The molecule has 2 aromatic carbocycles. The highest BCUT2D eigenvalue weighted by Crippen LogP contribution is 2.24. The van der Waals surface area contributed by atoms with Crippen LogP contribution < -0.4 is 19.5 Å². The molecule has 9 heteroatoms. The van der Waals surface area contributed by atoms with Gasteiger partial charge in [-0.15, -0.1) is 0 Å². The Morgan fingerprint density at radius 1 is 1.00 bits per heavy atom. The van der Waals surface area contributed by atoms with Gasteiger partial charge in [0, 0.05) is 17.3 Å². The van der Waals surface area contributed by atoms with E-state index in [4.69, 9.17) is 13.9 Å². The molecule has 0 aliphatic rings. The summed E-state index contributed by atoms with van der Waals surface area (Å²) in [7, 11) is -0.809. The largest absolute Gasteiger partial charge is 0.497 e. The number of hydrogen-bond acceptors (Lipinski definition) is 6. The molecule has 0 atom stereocenters. The Bertz CT molecular complexity index is 1070. The maximum absolute atomic E-state index is 12.6. The van der Waals surface area contributed by atoms with Crippen molar-refractivity contribution >= 4 is 21.6 Å². The molecule has 0 fully saturated rings. The molecule has 0 saturated heterocycles. The number of benzene rings is 2. The first-order valence-corrected chi connectivity index (χ1v) is 10.1. The fraction of sp³-hybridized carbons (Fsp3) is 0.150. The van der Waals surface area contributed by atoms with Gasteiger partial charge in [-0.05, 0) is 42.5 Å². The molecule has 0 aliphatic carbocycles. The van der Waals surface area contributed by atoms with Crippen molar-refractivity contribution < 1.29 is 27.1 Å². The lowest BCUT2D eigenvalue weighted by atomic mass is 10.2. The van der Waals surface area contributed by atoms with E-state index >= 15 is 0 Å². The number of ether oxygens (including phenoxy) is 2. The summed E-state index contributed by atoms with van der Waals surface area (Å²) in [4.78, 5) is 12.6. The average Bonchev–Trinajstić information content (AvgIpc) is 3.26. The van der Waals surface area contributed by atoms with Crippen LogP contribution in [0.1, 0.15) is 16.1 Å². The minimum Gasteiger partial charge on any atom is -0.497 e. The molecule has 0 spiro atoms. The molecule has 8 nitrogen and oxygen atoms in total. The molecule has 0 saturated carbocycles. The molecule has 152 valence electrons. The van der Waals surface area contributed by atoms with E-state index in [1.807, 2.05) is 0 Å². The van der Waals surface area contributed by atoms with Crippen molar-refractivity contribution in [2.24, 2.45) is 0 Å². The summed E-state index contributed by atoms with van der Waals surface area (Å²) in [6.07, 6.45) is 1.47. The summed E-state index contributed by atoms with van der Waals surface area (Å²) in [5, 5.41) is 2.68. The van der Waals surface area contributed by atoms with Gasteiger partial charge in [0.2, 0.25) is 10.0 Å². The van der Waals surface area contributed by atoms with Gasteiger partial charge in [-0.3, -0.25) is 4.79 Å². The zero-order chi connectivity index (χ0) is 20.9. The fourth-order valence-electron chi connectivity index (χ4n) is 2.55. The first-order valence-electron chi connectivity index (χ1n) is 8.58. The van der Waals surface area contributed by atoms with Gasteiger partial charge in [0.1, 0.15) is 17.3 Å². The molecule has 3 aromatic rings. The van der Waals surface area contributed by atoms with Crippen molar-refractivity contribution in [3.63, 3.8) is 0 Å². The molecule has 1 amide bonds. The van der Waals surface area contributed by atoms with Gasteiger partial charge in [0.15, 0.2) is 0 Å². The van der Waals surface area contributed by atoms with Crippen LogP contribution in [-0.4, -0.2) is 28.5 Å². The number of rotatable bonds is 8. The molecule has 3 rings (SSSR count). The number of sulfonamides is 1. The van der Waals surface area contributed by atoms with Crippen molar-refractivity contribution in [2.75, 3.05) is 19.5 Å². The molecule has 0 aliphatic heterocycles. The lowest BCUT2D eigenvalue weighted by molar-refractivity contribution is 0.102. The van der Waals surface area contributed by atoms with E-state index in [-0.39, 0.29) is 11.4 Å². The molecule has 2 N–H and O–H groups in total. The smallest absolute Gasteiger partial charge is 0.255 e. The van der Waals surface area contributed by atoms with Gasteiger partial charge >= 0.3 is 0 Å². The predicted octanol–water partition coefficient (Wildman–Crippen LogP) is 3.03. The minimum atomic E-state index is -3.78. The highest BCUT2D eigenvalue weighted by atomic mass is 32.2. The normalized spacial score (nSPS) is 11.1. The zero-order valence-electron chi connectivity index (χ0n) is 15.8. The van der Waals surface area contributed by atoms with Gasteiger partial charge in [0.25, 0.3) is 5.91 Å². The van der Waals surface area contributed by atoms with Gasteiger partial charge in [0.05, 0.1) is 31.9 Å². The first-order chi connectivity index (χ1) is 13.9. The lowest BCUT2D eigenvalue weighted by Gasteiger charge is -2.11. The van der Waals surface area contributed by atoms with Crippen LogP contribution in [-0.2, 0) is 16.6 Å². The number of hydrogen-bond donors (Lipinski definition) is 2. The molecular formula is C20H20N2O6S. The second-order valence-electron chi connectivity index (χ2n) is 5.99. The molecule has 29 heavy (non-hydrogen) atoms. The van der Waals surface area contributed by atoms with E-state index in [2.05, 4.69) is 10.0 Å². The Morgan fingerprint density at radius 3 is 2.34 bits per heavy atom. The molecule has 1 aromatic heterocycles. The number of furan rings is 1. The number of carbonyl (C=O) groups excluding carboxylic acids is 1. The quantitative estimate of drug-likeness (QED) is 0.585. The summed E-state index contributed by atoms with van der Waals surface area (Å²) >= 11 is 0. The van der Waals surface area contributed by atoms with Gasteiger partial charge < -0.3 is 19.2 Å². The minimum absolute atomic E-state index is 0.0186. The Labute approximate surface area is 168 Å². The van der Waals surface area contributed by atoms with Gasteiger partial charge in [-0.1, -0.05) is 6.07 Å². The molecule has 0 bridgehead atoms. The van der Waals surface area contributed by atoms with E-state index in [0.717, 1.165) is 0 Å². The Hall–Kier alpha value is -3.30. The van der Waals surface area contributed by atoms with Crippen LogP contribution in [0.3, 0.4) is 0 Å². The Morgan fingerprint density at radius 2 is 1.72 bits per heavy atom. The van der Waals surface area contributed by atoms with Crippen LogP contribution in [0.5, 0.6) is 11.5 Å². The molecule has 1 heterocycles. The van der Waals surface area contributed by atoms with E-state index in [1.54, 1.807) is 42.5 Å². The van der Waals surface area contributed by atoms with E-state index in [1.165, 1.54) is 32.6 Å². The SMILES string of the molecule is COc1cc(OC)cc(C(=O)Nc2cccc(S(=O)(=O)NCc3ccco3)c2)c1. The number of methoxy groups -OCH3 is 2. The maximum atomic E-state index is 12.6. The third-order valence-electron chi connectivity index (χ3n) is 4.03. The standard InChI is InChI=1S/C20H20N2O6S/c1-26-17-9-14(10-18(12-17)27-2)20(23)22-15-5-3-7-19(11-15)29(24,25)21-13-16-6-4-8-28-16/h3-12,21H,13H2,1-2H3,(H,22,23). The Balaban J connectivity index is 1.76. The highest BCUT2D eigenvalue weighted by Gasteiger charge is 2.16. The predicted molar refractivity (Wildman–Crippen MR) is 107 cm³/mol. The van der Waals surface area contributed by atoms with E-state index in [0.29, 0.717) is 28.5 Å². The lowest BCUT2D eigenvalue weighted by Crippen LogP contribution is -2.23. The summed E-state index contributed by atoms with van der Waals surface area (Å²) in [5.41, 5.74) is 0.642. The van der Waals surface area contributed by atoms with Crippen molar-refractivity contribution in [3.8, 4) is 11.5 Å². The zero-order valence-corrected chi connectivity index (χ0v) is 16.7. The first kappa shape index (κ1) is 20.4. The van der Waals surface area contributed by atoms with Crippen LogP contribution in [0.25, 0.3) is 0 Å². The summed E-state index contributed by atoms with van der Waals surface area (Å²) in [6, 6.07) is 14.1.